The summed E-state index contributed by atoms with van der Waals surface area (Å²) in [6.45, 7) is 7.51. The van der Waals surface area contributed by atoms with E-state index in [1.807, 2.05) is 0 Å². The molecule has 0 spiro atoms. The quantitative estimate of drug-likeness (QED) is 0.838. The average molecular weight is 328 g/mol. The molecule has 1 aromatic carbocycles. The summed E-state index contributed by atoms with van der Waals surface area (Å²) in [7, 11) is 0. The van der Waals surface area contributed by atoms with Crippen LogP contribution in [0.2, 0.25) is 0 Å². The van der Waals surface area contributed by atoms with E-state index in [1.165, 1.54) is 11.3 Å². The lowest BCUT2D eigenvalue weighted by Gasteiger charge is -2.35. The summed E-state index contributed by atoms with van der Waals surface area (Å²) in [5, 5.41) is 10.5. The van der Waals surface area contributed by atoms with E-state index in [1.54, 1.807) is 17.1 Å². The number of rotatable bonds is 6. The Morgan fingerprint density at radius 2 is 2.08 bits per heavy atom. The van der Waals surface area contributed by atoms with Crippen LogP contribution < -0.4 is 10.2 Å². The smallest absolute Gasteiger partial charge is 0.234 e. The molecule has 0 saturated carbocycles. The van der Waals surface area contributed by atoms with Crippen LogP contribution in [0.4, 0.5) is 5.69 Å². The van der Waals surface area contributed by atoms with E-state index in [-0.39, 0.29) is 5.91 Å². The molecule has 0 aliphatic carbocycles. The van der Waals surface area contributed by atoms with Crippen molar-refractivity contribution < 1.29 is 4.79 Å². The predicted octanol–water partition coefficient (Wildman–Crippen LogP) is 0.525. The molecule has 0 radical (unpaired) electrons. The van der Waals surface area contributed by atoms with E-state index in [9.17, 15) is 4.79 Å². The van der Waals surface area contributed by atoms with Gasteiger partial charge in [-0.05, 0) is 24.6 Å². The van der Waals surface area contributed by atoms with Crippen LogP contribution in [0.5, 0.6) is 0 Å². The molecule has 0 bridgehead atoms. The standard InChI is InChI=1S/C17H24N6O/c1-15-3-2-4-16(13-15)22-11-9-21(10-12-22)14-17(24)18-5-7-23-8-6-19-20-23/h2-4,6,8,13H,5,7,9-12,14H2,1H3,(H,18,24). The number of nitrogens with one attached hydrogen (secondary N) is 1. The van der Waals surface area contributed by atoms with Crippen molar-refractivity contribution in [3.63, 3.8) is 0 Å². The van der Waals surface area contributed by atoms with E-state index in [2.05, 4.69) is 56.6 Å². The number of benzene rings is 1. The lowest BCUT2D eigenvalue weighted by molar-refractivity contribution is -0.122. The summed E-state index contributed by atoms with van der Waals surface area (Å²) >= 11 is 0. The number of aromatic nitrogens is 3. The Morgan fingerprint density at radius 3 is 2.79 bits per heavy atom. The van der Waals surface area contributed by atoms with Gasteiger partial charge in [-0.15, -0.1) is 5.10 Å². The lowest BCUT2D eigenvalue weighted by atomic mass is 10.2. The van der Waals surface area contributed by atoms with Gasteiger partial charge in [0.1, 0.15) is 0 Å². The zero-order valence-electron chi connectivity index (χ0n) is 14.1. The summed E-state index contributed by atoms with van der Waals surface area (Å²) in [5.41, 5.74) is 2.55. The molecule has 1 saturated heterocycles. The number of aryl methyl sites for hydroxylation is 1. The van der Waals surface area contributed by atoms with Crippen LogP contribution >= 0.6 is 0 Å². The maximum Gasteiger partial charge on any atom is 0.234 e. The van der Waals surface area contributed by atoms with Crippen molar-refractivity contribution in [3.05, 3.63) is 42.2 Å². The molecule has 1 aromatic heterocycles. The topological polar surface area (TPSA) is 66.3 Å². The lowest BCUT2D eigenvalue weighted by Crippen LogP contribution is -2.49. The summed E-state index contributed by atoms with van der Waals surface area (Å²) in [6, 6.07) is 8.58. The molecule has 128 valence electrons. The molecule has 7 nitrogen and oxygen atoms in total. The van der Waals surface area contributed by atoms with E-state index in [0.717, 1.165) is 26.2 Å². The molecule has 2 heterocycles. The van der Waals surface area contributed by atoms with Crippen molar-refractivity contribution in [2.75, 3.05) is 44.2 Å². The summed E-state index contributed by atoms with van der Waals surface area (Å²) < 4.78 is 1.71. The first-order valence-electron chi connectivity index (χ1n) is 8.35. The minimum absolute atomic E-state index is 0.0686. The highest BCUT2D eigenvalue weighted by Crippen LogP contribution is 2.17. The van der Waals surface area contributed by atoms with Crippen LogP contribution in [0.25, 0.3) is 0 Å². The van der Waals surface area contributed by atoms with Crippen molar-refractivity contribution >= 4 is 11.6 Å². The van der Waals surface area contributed by atoms with Gasteiger partial charge in [0.2, 0.25) is 5.91 Å². The third-order valence-electron chi connectivity index (χ3n) is 4.24. The number of anilines is 1. The number of hydrogen-bond acceptors (Lipinski definition) is 5. The largest absolute Gasteiger partial charge is 0.369 e. The Bertz CT molecular complexity index is 649. The van der Waals surface area contributed by atoms with Gasteiger partial charge in [0.05, 0.1) is 19.3 Å². The molecule has 2 aromatic rings. The van der Waals surface area contributed by atoms with Crippen molar-refractivity contribution in [2.24, 2.45) is 0 Å². The summed E-state index contributed by atoms with van der Waals surface area (Å²) in [6.07, 6.45) is 3.42. The highest BCUT2D eigenvalue weighted by atomic mass is 16.2. The van der Waals surface area contributed by atoms with Gasteiger partial charge in [-0.3, -0.25) is 14.4 Å². The van der Waals surface area contributed by atoms with Crippen LogP contribution in [0.15, 0.2) is 36.7 Å². The third-order valence-corrected chi connectivity index (χ3v) is 4.24. The van der Waals surface area contributed by atoms with Crippen LogP contribution in [0.1, 0.15) is 5.56 Å². The number of nitrogens with zero attached hydrogens (tertiary/aromatic N) is 5. The van der Waals surface area contributed by atoms with Crippen molar-refractivity contribution in [3.8, 4) is 0 Å². The van der Waals surface area contributed by atoms with Gasteiger partial charge in [0.25, 0.3) is 0 Å². The van der Waals surface area contributed by atoms with Crippen LogP contribution in [0, 0.1) is 6.92 Å². The Labute approximate surface area is 142 Å². The van der Waals surface area contributed by atoms with Gasteiger partial charge in [-0.1, -0.05) is 17.3 Å². The van der Waals surface area contributed by atoms with E-state index in [4.69, 9.17) is 0 Å². The van der Waals surface area contributed by atoms with Gasteiger partial charge in [-0.2, -0.15) is 0 Å². The fourth-order valence-corrected chi connectivity index (χ4v) is 2.91. The SMILES string of the molecule is Cc1cccc(N2CCN(CC(=O)NCCn3ccnn3)CC2)c1. The van der Waals surface area contributed by atoms with Gasteiger partial charge in [-0.25, -0.2) is 0 Å². The average Bonchev–Trinajstić information content (AvgIpc) is 3.09. The number of carbonyl (C=O) groups excluding carboxylic acids is 1. The molecular formula is C17H24N6O. The second kappa shape index (κ2) is 7.92. The molecule has 3 rings (SSSR count). The minimum atomic E-state index is 0.0686. The number of hydrogen-bond donors (Lipinski definition) is 1. The second-order valence-electron chi connectivity index (χ2n) is 6.12. The molecular weight excluding hydrogens is 304 g/mol. The van der Waals surface area contributed by atoms with Crippen molar-refractivity contribution in [1.82, 2.24) is 25.2 Å². The molecule has 24 heavy (non-hydrogen) atoms. The highest BCUT2D eigenvalue weighted by Gasteiger charge is 2.19. The first-order valence-corrected chi connectivity index (χ1v) is 8.35. The first kappa shape index (κ1) is 16.4. The Balaban J connectivity index is 1.38. The zero-order valence-corrected chi connectivity index (χ0v) is 14.1. The first-order chi connectivity index (χ1) is 11.7. The van der Waals surface area contributed by atoms with Gasteiger partial charge < -0.3 is 10.2 Å². The maximum atomic E-state index is 12.0. The molecule has 1 aliphatic heterocycles. The zero-order chi connectivity index (χ0) is 16.8. The maximum absolute atomic E-state index is 12.0. The second-order valence-corrected chi connectivity index (χ2v) is 6.12. The third kappa shape index (κ3) is 4.55. The Morgan fingerprint density at radius 1 is 1.25 bits per heavy atom. The summed E-state index contributed by atoms with van der Waals surface area (Å²) in [4.78, 5) is 16.6. The van der Waals surface area contributed by atoms with Crippen molar-refractivity contribution in [2.45, 2.75) is 13.5 Å². The Kier molecular flexibility index (Phi) is 5.43. The number of carbonyl (C=O) groups is 1. The van der Waals surface area contributed by atoms with Crippen LogP contribution in [-0.4, -0.2) is 65.1 Å². The predicted molar refractivity (Wildman–Crippen MR) is 92.9 cm³/mol. The van der Waals surface area contributed by atoms with Crippen LogP contribution in [0.3, 0.4) is 0 Å². The molecule has 7 heteroatoms. The normalized spacial score (nSPS) is 15.5. The van der Waals surface area contributed by atoms with E-state index < -0.39 is 0 Å². The minimum Gasteiger partial charge on any atom is -0.369 e. The fourth-order valence-electron chi connectivity index (χ4n) is 2.91. The molecule has 1 N–H and O–H groups in total. The van der Waals surface area contributed by atoms with Gasteiger partial charge in [0, 0.05) is 44.6 Å². The van der Waals surface area contributed by atoms with Gasteiger partial charge >= 0.3 is 0 Å². The van der Waals surface area contributed by atoms with E-state index in [0.29, 0.717) is 19.6 Å². The molecule has 0 atom stereocenters. The molecule has 1 amide bonds. The molecule has 0 unspecified atom stereocenters. The fraction of sp³-hybridized carbons (Fsp3) is 0.471. The van der Waals surface area contributed by atoms with Gasteiger partial charge in [0.15, 0.2) is 0 Å². The van der Waals surface area contributed by atoms with Crippen molar-refractivity contribution in [1.29, 1.82) is 0 Å². The molecule has 1 aliphatic rings. The number of piperazine rings is 1. The van der Waals surface area contributed by atoms with E-state index >= 15 is 0 Å². The highest BCUT2D eigenvalue weighted by molar-refractivity contribution is 5.78. The molecule has 1 fully saturated rings. The van der Waals surface area contributed by atoms with Crippen LogP contribution in [-0.2, 0) is 11.3 Å². The summed E-state index contributed by atoms with van der Waals surface area (Å²) in [5.74, 6) is 0.0686. The monoisotopic (exact) mass is 328 g/mol. The number of amides is 1. The Hall–Kier alpha value is -2.41.